The minimum absolute atomic E-state index is 0.129. The van der Waals surface area contributed by atoms with E-state index in [1.807, 2.05) is 0 Å². The molecule has 12 heavy (non-hydrogen) atoms. The van der Waals surface area contributed by atoms with Gasteiger partial charge in [0.2, 0.25) is 0 Å². The number of hydrogen-bond donors (Lipinski definition) is 0. The molecule has 0 saturated heterocycles. The Balaban J connectivity index is 2.48. The van der Waals surface area contributed by atoms with Gasteiger partial charge in [0.1, 0.15) is 0 Å². The molecule has 0 saturated carbocycles. The molecule has 2 aliphatic rings. The molecule has 1 heterocycles. The first-order valence-corrected chi connectivity index (χ1v) is 3.37. The van der Waals surface area contributed by atoms with Crippen LogP contribution < -0.4 is 0 Å². The smallest absolute Gasteiger partial charge is 0.288 e. The molecular weight excluding hydrogens is 156 g/mol. The lowest BCUT2D eigenvalue weighted by molar-refractivity contribution is -0.114. The molecule has 0 spiro atoms. The molecular formula is C8H4N2O2. The molecule has 0 aromatic heterocycles. The summed E-state index contributed by atoms with van der Waals surface area (Å²) in [5, 5.41) is 6.88. The second kappa shape index (κ2) is 2.34. The molecule has 0 unspecified atom stereocenters. The van der Waals surface area contributed by atoms with E-state index in [0.717, 1.165) is 0 Å². The molecule has 0 aromatic carbocycles. The lowest BCUT2D eigenvalue weighted by Crippen LogP contribution is -2.03. The normalized spacial score (nSPS) is 20.3. The van der Waals surface area contributed by atoms with Crippen molar-refractivity contribution < 1.29 is 9.59 Å². The van der Waals surface area contributed by atoms with E-state index in [1.165, 1.54) is 18.2 Å². The number of carbonyl (C=O) groups excluding carboxylic acids is 2. The van der Waals surface area contributed by atoms with Crippen LogP contribution in [0.25, 0.3) is 0 Å². The SMILES string of the molecule is O=C1C=CC2=CC(=O)N=NC2=C1. The molecule has 4 nitrogen and oxygen atoms in total. The second-order valence-electron chi connectivity index (χ2n) is 2.40. The number of azo groups is 1. The first-order chi connectivity index (χ1) is 5.75. The highest BCUT2D eigenvalue weighted by Crippen LogP contribution is 2.21. The van der Waals surface area contributed by atoms with Gasteiger partial charge in [-0.25, -0.2) is 0 Å². The van der Waals surface area contributed by atoms with Gasteiger partial charge in [-0.3, -0.25) is 9.59 Å². The van der Waals surface area contributed by atoms with Crippen molar-refractivity contribution in [1.82, 2.24) is 0 Å². The van der Waals surface area contributed by atoms with Crippen LogP contribution >= 0.6 is 0 Å². The van der Waals surface area contributed by atoms with Gasteiger partial charge in [-0.1, -0.05) is 0 Å². The van der Waals surface area contributed by atoms with Crippen molar-refractivity contribution in [3.63, 3.8) is 0 Å². The quantitative estimate of drug-likeness (QED) is 0.529. The minimum Gasteiger partial charge on any atom is -0.290 e. The maximum Gasteiger partial charge on any atom is 0.288 e. The van der Waals surface area contributed by atoms with Gasteiger partial charge < -0.3 is 0 Å². The fourth-order valence-electron chi connectivity index (χ4n) is 0.997. The van der Waals surface area contributed by atoms with E-state index < -0.39 is 0 Å². The van der Waals surface area contributed by atoms with E-state index in [-0.39, 0.29) is 11.7 Å². The third-order valence-electron chi connectivity index (χ3n) is 1.54. The Kier molecular flexibility index (Phi) is 1.33. The number of amides is 1. The number of ketones is 1. The Labute approximate surface area is 68.0 Å². The maximum absolute atomic E-state index is 10.8. The van der Waals surface area contributed by atoms with Gasteiger partial charge in [0.15, 0.2) is 5.78 Å². The van der Waals surface area contributed by atoms with Crippen LogP contribution in [0, 0.1) is 0 Å². The zero-order chi connectivity index (χ0) is 8.55. The molecule has 58 valence electrons. The summed E-state index contributed by atoms with van der Waals surface area (Å²) in [6.45, 7) is 0. The number of hydrogen-bond acceptors (Lipinski definition) is 3. The molecule has 0 N–H and O–H groups in total. The highest BCUT2D eigenvalue weighted by Gasteiger charge is 2.14. The third kappa shape index (κ3) is 1.03. The molecule has 0 radical (unpaired) electrons. The van der Waals surface area contributed by atoms with Crippen LogP contribution in [0.2, 0.25) is 0 Å². The van der Waals surface area contributed by atoms with Crippen LogP contribution in [0.1, 0.15) is 0 Å². The van der Waals surface area contributed by atoms with Gasteiger partial charge in [0, 0.05) is 17.7 Å². The van der Waals surface area contributed by atoms with Gasteiger partial charge in [-0.15, -0.1) is 10.2 Å². The predicted molar refractivity (Wildman–Crippen MR) is 40.2 cm³/mol. The van der Waals surface area contributed by atoms with E-state index in [1.54, 1.807) is 6.08 Å². The van der Waals surface area contributed by atoms with E-state index >= 15 is 0 Å². The topological polar surface area (TPSA) is 58.9 Å². The summed E-state index contributed by atoms with van der Waals surface area (Å²) in [6.07, 6.45) is 5.65. The Morgan fingerprint density at radius 2 is 1.83 bits per heavy atom. The summed E-state index contributed by atoms with van der Waals surface area (Å²) in [5.74, 6) is -0.517. The van der Waals surface area contributed by atoms with Crippen molar-refractivity contribution in [1.29, 1.82) is 0 Å². The molecule has 0 fully saturated rings. The van der Waals surface area contributed by atoms with Crippen LogP contribution in [-0.4, -0.2) is 11.7 Å². The van der Waals surface area contributed by atoms with Crippen molar-refractivity contribution >= 4 is 11.7 Å². The van der Waals surface area contributed by atoms with Gasteiger partial charge in [-0.2, -0.15) is 0 Å². The van der Waals surface area contributed by atoms with Crippen molar-refractivity contribution in [3.8, 4) is 0 Å². The molecule has 1 aliphatic carbocycles. The first-order valence-electron chi connectivity index (χ1n) is 3.37. The summed E-state index contributed by atoms with van der Waals surface area (Å²) in [5.41, 5.74) is 1.11. The van der Waals surface area contributed by atoms with Crippen LogP contribution in [-0.2, 0) is 9.59 Å². The summed E-state index contributed by atoms with van der Waals surface area (Å²) in [4.78, 5) is 21.5. The molecule has 2 rings (SSSR count). The largest absolute Gasteiger partial charge is 0.290 e. The van der Waals surface area contributed by atoms with E-state index in [9.17, 15) is 9.59 Å². The average molecular weight is 160 g/mol. The molecule has 0 atom stereocenters. The lowest BCUT2D eigenvalue weighted by Gasteiger charge is -2.07. The highest BCUT2D eigenvalue weighted by molar-refractivity contribution is 6.03. The van der Waals surface area contributed by atoms with Crippen LogP contribution in [0.5, 0.6) is 0 Å². The standard InChI is InChI=1S/C8H4N2O2/c11-6-2-1-5-3-8(12)10-9-7(5)4-6/h1-4H. The Hall–Kier alpha value is -1.84. The molecule has 1 aliphatic heterocycles. The fourth-order valence-corrected chi connectivity index (χ4v) is 0.997. The monoisotopic (exact) mass is 160 g/mol. The van der Waals surface area contributed by atoms with Gasteiger partial charge >= 0.3 is 0 Å². The Morgan fingerprint density at radius 3 is 2.67 bits per heavy atom. The summed E-state index contributed by atoms with van der Waals surface area (Å²) in [6, 6.07) is 0. The average Bonchev–Trinajstić information content (AvgIpc) is 2.05. The van der Waals surface area contributed by atoms with E-state index in [0.29, 0.717) is 11.3 Å². The van der Waals surface area contributed by atoms with Crippen LogP contribution in [0.4, 0.5) is 0 Å². The van der Waals surface area contributed by atoms with E-state index in [2.05, 4.69) is 10.2 Å². The number of carbonyl (C=O) groups is 2. The number of allylic oxidation sites excluding steroid dienone is 3. The van der Waals surface area contributed by atoms with Crippen molar-refractivity contribution in [2.45, 2.75) is 0 Å². The first kappa shape index (κ1) is 6.84. The molecule has 0 aromatic rings. The highest BCUT2D eigenvalue weighted by atomic mass is 16.1. The summed E-state index contributed by atoms with van der Waals surface area (Å²) in [7, 11) is 0. The Bertz CT molecular complexity index is 348. The van der Waals surface area contributed by atoms with Crippen molar-refractivity contribution in [2.75, 3.05) is 0 Å². The fraction of sp³-hybridized carbons (Fsp3) is 0. The van der Waals surface area contributed by atoms with Crippen LogP contribution in [0.3, 0.4) is 0 Å². The number of nitrogens with zero attached hydrogens (tertiary/aromatic N) is 2. The number of fused-ring (bicyclic) bond motifs is 1. The summed E-state index contributed by atoms with van der Waals surface area (Å²) < 4.78 is 0. The van der Waals surface area contributed by atoms with Crippen LogP contribution in [0.15, 0.2) is 45.8 Å². The predicted octanol–water partition coefficient (Wildman–Crippen LogP) is 0.928. The number of rotatable bonds is 0. The molecule has 0 bridgehead atoms. The minimum atomic E-state index is -0.388. The van der Waals surface area contributed by atoms with Crippen molar-refractivity contribution in [3.05, 3.63) is 35.6 Å². The lowest BCUT2D eigenvalue weighted by atomic mass is 10.0. The zero-order valence-corrected chi connectivity index (χ0v) is 6.02. The third-order valence-corrected chi connectivity index (χ3v) is 1.54. The van der Waals surface area contributed by atoms with Crippen molar-refractivity contribution in [2.24, 2.45) is 10.2 Å². The maximum atomic E-state index is 10.8. The van der Waals surface area contributed by atoms with Gasteiger partial charge in [0.05, 0.1) is 5.70 Å². The zero-order valence-electron chi connectivity index (χ0n) is 6.02. The Morgan fingerprint density at radius 1 is 1.00 bits per heavy atom. The second-order valence-corrected chi connectivity index (χ2v) is 2.40. The van der Waals surface area contributed by atoms with Gasteiger partial charge in [0.25, 0.3) is 5.91 Å². The summed E-state index contributed by atoms with van der Waals surface area (Å²) >= 11 is 0. The molecule has 1 amide bonds. The van der Waals surface area contributed by atoms with Gasteiger partial charge in [-0.05, 0) is 12.2 Å². The molecule has 4 heteroatoms. The van der Waals surface area contributed by atoms with E-state index in [4.69, 9.17) is 0 Å².